The Morgan fingerprint density at radius 3 is 0.875 bits per heavy atom. The third-order valence-corrected chi connectivity index (χ3v) is 4.97. The summed E-state index contributed by atoms with van der Waals surface area (Å²) in [5, 5.41) is 0. The highest BCUT2D eigenvalue weighted by Crippen LogP contribution is 2.35. The van der Waals surface area contributed by atoms with Gasteiger partial charge < -0.3 is 0 Å². The lowest BCUT2D eigenvalue weighted by molar-refractivity contribution is 0.257. The molecule has 0 saturated heterocycles. The average molecular weight is 222 g/mol. The molecule has 0 N–H and O–H groups in total. The molecule has 16 heavy (non-hydrogen) atoms. The first-order valence-corrected chi connectivity index (χ1v) is 7.97. The smallest absolute Gasteiger partial charge is 0.0386 e. The summed E-state index contributed by atoms with van der Waals surface area (Å²) in [6.45, 7) is 0. The van der Waals surface area contributed by atoms with Crippen molar-refractivity contribution in [2.24, 2.45) is 11.8 Å². The third-order valence-electron chi connectivity index (χ3n) is 4.97. The van der Waals surface area contributed by atoms with Crippen molar-refractivity contribution in [3.63, 3.8) is 0 Å². The summed E-state index contributed by atoms with van der Waals surface area (Å²) in [7, 11) is 0. The van der Waals surface area contributed by atoms with Gasteiger partial charge >= 0.3 is 0 Å². The van der Waals surface area contributed by atoms with Gasteiger partial charge in [-0.25, -0.2) is 0 Å². The number of rotatable bonds is 1. The zero-order valence-corrected chi connectivity index (χ0v) is 11.1. The van der Waals surface area contributed by atoms with Gasteiger partial charge in [0, 0.05) is 0 Å². The molecule has 0 atom stereocenters. The molecule has 0 heterocycles. The molecule has 0 amide bonds. The molecule has 2 fully saturated rings. The number of hydrogen-bond donors (Lipinski definition) is 0. The van der Waals surface area contributed by atoms with E-state index in [0.717, 1.165) is 11.8 Å². The van der Waals surface area contributed by atoms with Crippen LogP contribution < -0.4 is 0 Å². The van der Waals surface area contributed by atoms with Gasteiger partial charge in [0.15, 0.2) is 0 Å². The SMILES string of the molecule is C1CCCCC(C2CCCCCC2)CCC1. The van der Waals surface area contributed by atoms with Crippen LogP contribution in [-0.2, 0) is 0 Å². The minimum absolute atomic E-state index is 1.11. The van der Waals surface area contributed by atoms with Crippen molar-refractivity contribution in [2.45, 2.75) is 89.9 Å². The molecular formula is C16H30. The molecule has 0 aromatic carbocycles. The van der Waals surface area contributed by atoms with Crippen LogP contribution in [0.15, 0.2) is 0 Å². The molecule has 0 unspecified atom stereocenters. The average Bonchev–Trinajstić information content (AvgIpc) is 2.49. The van der Waals surface area contributed by atoms with Gasteiger partial charge in [0.05, 0.1) is 0 Å². The van der Waals surface area contributed by atoms with E-state index >= 15 is 0 Å². The van der Waals surface area contributed by atoms with Crippen LogP contribution in [0.2, 0.25) is 0 Å². The molecule has 94 valence electrons. The van der Waals surface area contributed by atoms with Gasteiger partial charge in [-0.15, -0.1) is 0 Å². The van der Waals surface area contributed by atoms with E-state index in [1.807, 2.05) is 0 Å². The molecule has 0 heteroatoms. The quantitative estimate of drug-likeness (QED) is 0.499. The van der Waals surface area contributed by atoms with Crippen LogP contribution in [0.5, 0.6) is 0 Å². The highest BCUT2D eigenvalue weighted by molar-refractivity contribution is 4.74. The predicted octanol–water partition coefficient (Wildman–Crippen LogP) is 5.71. The van der Waals surface area contributed by atoms with Crippen LogP contribution >= 0.6 is 0 Å². The number of hydrogen-bond acceptors (Lipinski definition) is 0. The molecule has 0 aromatic rings. The minimum Gasteiger partial charge on any atom is -0.0533 e. The van der Waals surface area contributed by atoms with E-state index in [4.69, 9.17) is 0 Å². The second-order valence-corrected chi connectivity index (χ2v) is 6.21. The summed E-state index contributed by atoms with van der Waals surface area (Å²) < 4.78 is 0. The van der Waals surface area contributed by atoms with Crippen molar-refractivity contribution < 1.29 is 0 Å². The maximum Gasteiger partial charge on any atom is -0.0386 e. The van der Waals surface area contributed by atoms with E-state index < -0.39 is 0 Å². The Hall–Kier alpha value is 0. The van der Waals surface area contributed by atoms with E-state index in [0.29, 0.717) is 0 Å². The van der Waals surface area contributed by atoms with Crippen LogP contribution in [0.1, 0.15) is 89.9 Å². The largest absolute Gasteiger partial charge is 0.0533 e. The molecule has 0 aromatic heterocycles. The van der Waals surface area contributed by atoms with Crippen LogP contribution in [0, 0.1) is 11.8 Å². The first kappa shape index (κ1) is 12.5. The fraction of sp³-hybridized carbons (Fsp3) is 1.00. The standard InChI is InChI=1S/C16H30/c1-2-4-8-12-15(11-7-3-1)16-13-9-5-6-10-14-16/h15-16H,1-14H2. The molecule has 2 aliphatic carbocycles. The highest BCUT2D eigenvalue weighted by Gasteiger charge is 2.22. The summed E-state index contributed by atoms with van der Waals surface area (Å²) in [5.74, 6) is 2.22. The monoisotopic (exact) mass is 222 g/mol. The van der Waals surface area contributed by atoms with Gasteiger partial charge in [0.25, 0.3) is 0 Å². The second kappa shape index (κ2) is 7.35. The Kier molecular flexibility index (Phi) is 5.72. The summed E-state index contributed by atoms with van der Waals surface area (Å²) >= 11 is 0. The Balaban J connectivity index is 1.82. The van der Waals surface area contributed by atoms with Crippen molar-refractivity contribution in [3.05, 3.63) is 0 Å². The lowest BCUT2D eigenvalue weighted by atomic mass is 9.80. The van der Waals surface area contributed by atoms with Gasteiger partial charge in [-0.1, -0.05) is 89.9 Å². The summed E-state index contributed by atoms with van der Waals surface area (Å²) in [4.78, 5) is 0. The second-order valence-electron chi connectivity index (χ2n) is 6.21. The maximum absolute atomic E-state index is 1.56. The maximum atomic E-state index is 1.56. The van der Waals surface area contributed by atoms with Crippen LogP contribution in [0.3, 0.4) is 0 Å². The molecule has 0 aliphatic heterocycles. The molecule has 0 spiro atoms. The Morgan fingerprint density at radius 1 is 0.312 bits per heavy atom. The van der Waals surface area contributed by atoms with Gasteiger partial charge in [-0.05, 0) is 11.8 Å². The normalized spacial score (nSPS) is 27.8. The summed E-state index contributed by atoms with van der Waals surface area (Å²) in [6, 6.07) is 0. The Morgan fingerprint density at radius 2 is 0.562 bits per heavy atom. The van der Waals surface area contributed by atoms with E-state index in [1.54, 1.807) is 25.7 Å². The molecule has 2 rings (SSSR count). The lowest BCUT2D eigenvalue weighted by Crippen LogP contribution is -2.14. The van der Waals surface area contributed by atoms with Crippen molar-refractivity contribution in [2.75, 3.05) is 0 Å². The molecule has 0 radical (unpaired) electrons. The van der Waals surface area contributed by atoms with Crippen molar-refractivity contribution in [1.82, 2.24) is 0 Å². The van der Waals surface area contributed by atoms with Gasteiger partial charge in [-0.2, -0.15) is 0 Å². The molecule has 2 aliphatic rings. The van der Waals surface area contributed by atoms with Gasteiger partial charge in [0.2, 0.25) is 0 Å². The summed E-state index contributed by atoms with van der Waals surface area (Å²) in [5.41, 5.74) is 0. The molecule has 0 bridgehead atoms. The van der Waals surface area contributed by atoms with Crippen LogP contribution in [0.25, 0.3) is 0 Å². The first-order valence-electron chi connectivity index (χ1n) is 7.97. The summed E-state index contributed by atoms with van der Waals surface area (Å²) in [6.07, 6.45) is 21.4. The third kappa shape index (κ3) is 4.11. The van der Waals surface area contributed by atoms with E-state index in [1.165, 1.54) is 64.2 Å². The highest BCUT2D eigenvalue weighted by atomic mass is 14.3. The van der Waals surface area contributed by atoms with Crippen molar-refractivity contribution >= 4 is 0 Å². The fourth-order valence-electron chi connectivity index (χ4n) is 3.92. The van der Waals surface area contributed by atoms with E-state index in [9.17, 15) is 0 Å². The van der Waals surface area contributed by atoms with Crippen molar-refractivity contribution in [1.29, 1.82) is 0 Å². The molecular weight excluding hydrogens is 192 g/mol. The Labute approximate surface area is 102 Å². The first-order chi connectivity index (χ1) is 7.97. The van der Waals surface area contributed by atoms with Gasteiger partial charge in [-0.3, -0.25) is 0 Å². The lowest BCUT2D eigenvalue weighted by Gasteiger charge is -2.26. The van der Waals surface area contributed by atoms with Crippen LogP contribution in [-0.4, -0.2) is 0 Å². The fourth-order valence-corrected chi connectivity index (χ4v) is 3.92. The zero-order chi connectivity index (χ0) is 11.1. The molecule has 0 nitrogen and oxygen atoms in total. The predicted molar refractivity (Wildman–Crippen MR) is 71.6 cm³/mol. The molecule has 2 saturated carbocycles. The van der Waals surface area contributed by atoms with Crippen LogP contribution in [0.4, 0.5) is 0 Å². The van der Waals surface area contributed by atoms with E-state index in [-0.39, 0.29) is 0 Å². The topological polar surface area (TPSA) is 0 Å². The van der Waals surface area contributed by atoms with Gasteiger partial charge in [0.1, 0.15) is 0 Å². The Bertz CT molecular complexity index is 155. The van der Waals surface area contributed by atoms with Crippen molar-refractivity contribution in [3.8, 4) is 0 Å². The minimum atomic E-state index is 1.11. The van der Waals surface area contributed by atoms with E-state index in [2.05, 4.69) is 0 Å². The zero-order valence-electron chi connectivity index (χ0n) is 11.1.